The van der Waals surface area contributed by atoms with E-state index in [1.54, 1.807) is 11.3 Å². The van der Waals surface area contributed by atoms with Crippen molar-refractivity contribution in [3.05, 3.63) is 431 Å². The fourth-order valence-corrected chi connectivity index (χ4v) is 23.5. The highest BCUT2D eigenvalue weighted by Gasteiger charge is 2.24. The van der Waals surface area contributed by atoms with E-state index >= 15 is 0 Å². The van der Waals surface area contributed by atoms with Gasteiger partial charge in [0.1, 0.15) is 0 Å². The van der Waals surface area contributed by atoms with E-state index in [-0.39, 0.29) is 0 Å². The first-order chi connectivity index (χ1) is 64.9. The molecule has 0 radical (unpaired) electrons. The van der Waals surface area contributed by atoms with Crippen LogP contribution in [0.4, 0.5) is 0 Å². The van der Waals surface area contributed by atoms with Crippen molar-refractivity contribution in [1.82, 2.24) is 44.9 Å². The molecule has 14 heteroatoms. The molecular weight excluding hydrogens is 1690 g/mol. The highest BCUT2D eigenvalue weighted by molar-refractivity contribution is 7.27. The van der Waals surface area contributed by atoms with Gasteiger partial charge in [0.2, 0.25) is 0 Å². The lowest BCUT2D eigenvalue weighted by Crippen LogP contribution is -2.02. The summed E-state index contributed by atoms with van der Waals surface area (Å²) < 4.78 is 12.7. The fourth-order valence-electron chi connectivity index (χ4n) is 17.8. The third-order valence-corrected chi connectivity index (χ3v) is 29.9. The van der Waals surface area contributed by atoms with Gasteiger partial charge in [0.25, 0.3) is 0 Å². The number of fused-ring (bicyclic) bond motifs is 15. The number of rotatable bonds is 13. The van der Waals surface area contributed by atoms with Crippen LogP contribution in [-0.2, 0) is 0 Å². The Balaban J connectivity index is 0.000000110. The fraction of sp³-hybridized carbons (Fsp3) is 0. The van der Waals surface area contributed by atoms with Crippen LogP contribution in [0, 0.1) is 0 Å². The van der Waals surface area contributed by atoms with Crippen molar-refractivity contribution >= 4 is 158 Å². The Morgan fingerprint density at radius 1 is 0.122 bits per heavy atom. The van der Waals surface area contributed by atoms with Crippen molar-refractivity contribution in [2.24, 2.45) is 0 Å². The van der Waals surface area contributed by atoms with Crippen LogP contribution in [0.2, 0.25) is 0 Å². The van der Waals surface area contributed by atoms with Gasteiger partial charge in [-0.2, -0.15) is 0 Å². The molecule has 614 valence electrons. The van der Waals surface area contributed by atoms with Crippen molar-refractivity contribution in [2.45, 2.75) is 0 Å². The maximum Gasteiger partial charge on any atom is 0.165 e. The van der Waals surface area contributed by atoms with E-state index in [1.165, 1.54) is 118 Å². The van der Waals surface area contributed by atoms with Crippen molar-refractivity contribution in [2.75, 3.05) is 0 Å². The van der Waals surface area contributed by atoms with Gasteiger partial charge < -0.3 is 0 Å². The minimum Gasteiger partial charge on any atom is -0.208 e. The molecular formula is C117H71N9S5. The zero-order valence-corrected chi connectivity index (χ0v) is 74.1. The first kappa shape index (κ1) is 78.6. The quantitative estimate of drug-likeness (QED) is 0.111. The lowest BCUT2D eigenvalue weighted by Gasteiger charge is -2.14. The standard InChI is InChI=1S/C45H29N3S.C39H21N3S3.C33H21N3S/c1-3-14-30(15-4-1)34-18-7-9-20-37(34)44-46-43(47-45(48-44)38-21-10-8-19-35(38)31-16-5-2-6-17-31)33-28-26-32(27-29-33)36-23-13-25-41-42(36)39-22-11-12-24-40(39)49-41;1-4-13-31-24(8-1)27-18-16-23(21-35(27)44-31)38-40-37(22-17-19-34-30(20-22)26-10-3-5-14-32(26)43-34)41-39(42-38)29-12-7-11-28-25-9-2-6-15-33(25)45-36(28)29;1-3-10-23(11-4-1)31-34-32(24-12-5-2-6-13-24)36-33(35-31)25-20-18-22(19-21-25)26-15-9-17-29-30(26)27-14-7-8-16-28(27)37-29/h1-29H;1-21H;1-21H. The Labute approximate surface area is 773 Å². The van der Waals surface area contributed by atoms with Crippen LogP contribution in [0.25, 0.3) is 248 Å². The Bertz CT molecular complexity index is 8700. The van der Waals surface area contributed by atoms with E-state index in [2.05, 4.69) is 346 Å². The van der Waals surface area contributed by atoms with E-state index in [1.807, 2.05) is 130 Å². The molecule has 0 atom stereocenters. The van der Waals surface area contributed by atoms with E-state index in [0.29, 0.717) is 52.4 Å². The lowest BCUT2D eigenvalue weighted by molar-refractivity contribution is 1.07. The Kier molecular flexibility index (Phi) is 20.4. The van der Waals surface area contributed by atoms with Crippen molar-refractivity contribution in [1.29, 1.82) is 0 Å². The average molecular weight is 1760 g/mol. The molecule has 131 heavy (non-hydrogen) atoms. The number of benzene rings is 18. The van der Waals surface area contributed by atoms with E-state index < -0.39 is 0 Å². The zero-order valence-electron chi connectivity index (χ0n) is 70.1. The second kappa shape index (κ2) is 34.0. The van der Waals surface area contributed by atoms with Crippen molar-refractivity contribution in [3.63, 3.8) is 0 Å². The highest BCUT2D eigenvalue weighted by atomic mass is 32.1. The van der Waals surface area contributed by atoms with Gasteiger partial charge in [-0.3, -0.25) is 0 Å². The maximum absolute atomic E-state index is 5.18. The number of hydrogen-bond acceptors (Lipinski definition) is 14. The molecule has 0 aliphatic carbocycles. The molecule has 8 heterocycles. The molecule has 0 amide bonds. The van der Waals surface area contributed by atoms with Gasteiger partial charge in [0.05, 0.1) is 0 Å². The summed E-state index contributed by atoms with van der Waals surface area (Å²) in [6, 6.07) is 151. The molecule has 0 saturated heterocycles. The molecule has 9 nitrogen and oxygen atoms in total. The second-order valence-corrected chi connectivity index (χ2v) is 37.5. The van der Waals surface area contributed by atoms with Gasteiger partial charge in [0, 0.05) is 151 Å². The molecule has 0 saturated carbocycles. The number of thiophene rings is 5. The molecule has 0 aliphatic heterocycles. The van der Waals surface area contributed by atoms with Crippen LogP contribution in [0.15, 0.2) is 431 Å². The zero-order chi connectivity index (χ0) is 86.7. The Morgan fingerprint density at radius 3 is 0.847 bits per heavy atom. The second-order valence-electron chi connectivity index (χ2n) is 32.1. The van der Waals surface area contributed by atoms with E-state index in [9.17, 15) is 0 Å². The molecule has 8 aromatic heterocycles. The van der Waals surface area contributed by atoms with E-state index in [4.69, 9.17) is 44.9 Å². The van der Waals surface area contributed by atoms with Gasteiger partial charge in [-0.15, -0.1) is 56.7 Å². The van der Waals surface area contributed by atoms with Gasteiger partial charge >= 0.3 is 0 Å². The average Bonchev–Trinajstić information content (AvgIpc) is 1.63. The SMILES string of the molecule is c1ccc(-c2ccccc2-c2nc(-c3ccc(-c4cccc5sc6ccccc6c45)cc3)nc(-c3ccccc3-c3ccccc3)n2)cc1.c1ccc(-c2nc(-c3ccccc3)nc(-c3ccc(-c4cccc5sc6ccccc6c45)cc3)n2)cc1.c1ccc2c(c1)sc1cc(-c3nc(-c4ccc5sc6ccccc6c5c4)nc(-c4cccc5c4sc4ccccc45)n3)ccc12. The van der Waals surface area contributed by atoms with Crippen LogP contribution in [-0.4, -0.2) is 44.9 Å². The summed E-state index contributed by atoms with van der Waals surface area (Å²) in [5, 5.41) is 12.8. The van der Waals surface area contributed by atoms with Crippen LogP contribution in [0.1, 0.15) is 0 Å². The molecule has 0 aliphatic rings. The lowest BCUT2D eigenvalue weighted by atomic mass is 9.97. The van der Waals surface area contributed by atoms with Crippen LogP contribution < -0.4 is 0 Å². The predicted molar refractivity (Wildman–Crippen MR) is 555 cm³/mol. The topological polar surface area (TPSA) is 116 Å². The smallest absolute Gasteiger partial charge is 0.165 e. The summed E-state index contributed by atoms with van der Waals surface area (Å²) in [5.74, 6) is 5.98. The summed E-state index contributed by atoms with van der Waals surface area (Å²) >= 11 is 9.11. The molecule has 26 rings (SSSR count). The summed E-state index contributed by atoms with van der Waals surface area (Å²) in [5.41, 5.74) is 18.0. The van der Waals surface area contributed by atoms with Crippen LogP contribution in [0.5, 0.6) is 0 Å². The first-order valence-corrected chi connectivity index (χ1v) is 47.4. The number of nitrogens with zero attached hydrogens (tertiary/aromatic N) is 9. The van der Waals surface area contributed by atoms with Crippen molar-refractivity contribution in [3.8, 4) is 147 Å². The number of aromatic nitrogens is 9. The van der Waals surface area contributed by atoms with Crippen LogP contribution >= 0.6 is 56.7 Å². The third kappa shape index (κ3) is 15.0. The van der Waals surface area contributed by atoms with Crippen LogP contribution in [0.3, 0.4) is 0 Å². The third-order valence-electron chi connectivity index (χ3n) is 24.1. The van der Waals surface area contributed by atoms with Gasteiger partial charge in [0.15, 0.2) is 52.4 Å². The molecule has 0 fully saturated rings. The maximum atomic E-state index is 5.18. The largest absolute Gasteiger partial charge is 0.208 e. The molecule has 18 aromatic carbocycles. The molecule has 0 unspecified atom stereocenters. The summed E-state index contributed by atoms with van der Waals surface area (Å²) in [4.78, 5) is 45.5. The van der Waals surface area contributed by atoms with Gasteiger partial charge in [-0.1, -0.05) is 358 Å². The summed E-state index contributed by atoms with van der Waals surface area (Å²) in [6.07, 6.45) is 0. The van der Waals surface area contributed by atoms with Crippen molar-refractivity contribution < 1.29 is 0 Å². The van der Waals surface area contributed by atoms with E-state index in [0.717, 1.165) is 77.9 Å². The molecule has 0 bridgehead atoms. The predicted octanol–water partition coefficient (Wildman–Crippen LogP) is 33.1. The van der Waals surface area contributed by atoms with Gasteiger partial charge in [-0.05, 0) is 117 Å². The molecule has 0 N–H and O–H groups in total. The Morgan fingerprint density at radius 2 is 0.374 bits per heavy atom. The summed E-state index contributed by atoms with van der Waals surface area (Å²) in [6.45, 7) is 0. The minimum absolute atomic E-state index is 0.636. The molecule has 26 aromatic rings. The highest BCUT2D eigenvalue weighted by Crippen LogP contribution is 2.47. The summed E-state index contributed by atoms with van der Waals surface area (Å²) in [7, 11) is 0. The Hall–Kier alpha value is -15.9. The van der Waals surface area contributed by atoms with Gasteiger partial charge in [-0.25, -0.2) is 44.9 Å². The molecule has 0 spiro atoms. The monoisotopic (exact) mass is 1760 g/mol. The first-order valence-electron chi connectivity index (χ1n) is 43.4. The minimum atomic E-state index is 0.636. The normalized spacial score (nSPS) is 11.5. The number of hydrogen-bond donors (Lipinski definition) is 0.